The number of aliphatic imine (C=N–C) groups is 1. The molecule has 1 N–H and O–H groups in total. The summed E-state index contributed by atoms with van der Waals surface area (Å²) in [6.45, 7) is -0.758. The van der Waals surface area contributed by atoms with Crippen molar-refractivity contribution in [3.63, 3.8) is 0 Å². The van der Waals surface area contributed by atoms with Gasteiger partial charge >= 0.3 is 5.97 Å². The lowest BCUT2D eigenvalue weighted by Gasteiger charge is -2.09. The van der Waals surface area contributed by atoms with Gasteiger partial charge in [0.05, 0.1) is 4.90 Å². The Morgan fingerprint density at radius 3 is 2.64 bits per heavy atom. The Kier molecular flexibility index (Phi) is 4.45. The van der Waals surface area contributed by atoms with Gasteiger partial charge in [-0.15, -0.1) is 0 Å². The van der Waals surface area contributed by atoms with E-state index in [0.29, 0.717) is 5.56 Å². The quantitative estimate of drug-likeness (QED) is 0.741. The van der Waals surface area contributed by atoms with Gasteiger partial charge < -0.3 is 9.64 Å². The smallest absolute Gasteiger partial charge is 0.328 e. The molecule has 0 radical (unpaired) electrons. The zero-order valence-corrected chi connectivity index (χ0v) is 12.9. The van der Waals surface area contributed by atoms with Crippen LogP contribution in [0.5, 0.6) is 0 Å². The van der Waals surface area contributed by atoms with Gasteiger partial charge in [-0.3, -0.25) is 19.3 Å². The van der Waals surface area contributed by atoms with Gasteiger partial charge in [-0.1, -0.05) is 12.1 Å². The van der Waals surface area contributed by atoms with Crippen LogP contribution in [0.15, 0.2) is 34.2 Å². The van der Waals surface area contributed by atoms with Crippen LogP contribution in [0.3, 0.4) is 0 Å². The topological polar surface area (TPSA) is 105 Å². The van der Waals surface area contributed by atoms with Gasteiger partial charge in [-0.05, 0) is 12.1 Å². The number of ether oxygens (including phenoxy) is 1. The molecule has 9 heteroatoms. The number of amides is 1. The van der Waals surface area contributed by atoms with E-state index in [0.717, 1.165) is 0 Å². The number of hydrogen-bond acceptors (Lipinski definition) is 6. The summed E-state index contributed by atoms with van der Waals surface area (Å²) in [5.41, 5.74) is 0.402. The fraction of sp³-hybridized carbons (Fsp3) is 0.308. The van der Waals surface area contributed by atoms with E-state index in [1.54, 1.807) is 32.3 Å². The van der Waals surface area contributed by atoms with Crippen LogP contribution in [0.2, 0.25) is 0 Å². The van der Waals surface area contributed by atoms with E-state index in [9.17, 15) is 18.0 Å². The maximum absolute atomic E-state index is 11.8. The second kappa shape index (κ2) is 6.14. The highest BCUT2D eigenvalue weighted by Gasteiger charge is 2.30. The Bertz CT molecular complexity index is 740. The van der Waals surface area contributed by atoms with Crippen molar-refractivity contribution < 1.29 is 22.7 Å². The first-order chi connectivity index (χ1) is 10.3. The molecule has 22 heavy (non-hydrogen) atoms. The largest absolute Gasteiger partial charge is 0.454 e. The van der Waals surface area contributed by atoms with E-state index >= 15 is 0 Å². The summed E-state index contributed by atoms with van der Waals surface area (Å²) < 4.78 is 30.7. The highest BCUT2D eigenvalue weighted by atomic mass is 32.2. The number of esters is 1. The highest BCUT2D eigenvalue weighted by Crippen LogP contribution is 2.21. The molecule has 1 aromatic carbocycles. The molecule has 1 amide bonds. The van der Waals surface area contributed by atoms with Gasteiger partial charge in [0, 0.05) is 19.7 Å². The summed E-state index contributed by atoms with van der Waals surface area (Å²) in [6, 6.07) is 6.31. The molecule has 1 aromatic rings. The van der Waals surface area contributed by atoms with Crippen LogP contribution in [-0.4, -0.2) is 58.3 Å². The molecule has 0 aromatic heterocycles. The Morgan fingerprint density at radius 1 is 1.27 bits per heavy atom. The molecule has 118 valence electrons. The number of nitrogens with one attached hydrogen (secondary N) is 1. The summed E-state index contributed by atoms with van der Waals surface area (Å²) in [6.07, 6.45) is 0. The van der Waals surface area contributed by atoms with Crippen molar-refractivity contribution in [1.29, 1.82) is 0 Å². The lowest BCUT2D eigenvalue weighted by Crippen LogP contribution is -2.28. The molecule has 1 aliphatic heterocycles. The van der Waals surface area contributed by atoms with Crippen molar-refractivity contribution in [3.05, 3.63) is 29.8 Å². The predicted molar refractivity (Wildman–Crippen MR) is 77.8 cm³/mol. The molecule has 1 aliphatic rings. The van der Waals surface area contributed by atoms with Crippen LogP contribution in [-0.2, 0) is 24.3 Å². The summed E-state index contributed by atoms with van der Waals surface area (Å²) in [5.74, 6) is -0.981. The fourth-order valence-corrected chi connectivity index (χ4v) is 2.96. The molecule has 0 saturated heterocycles. The minimum atomic E-state index is -3.63. The summed E-state index contributed by atoms with van der Waals surface area (Å²) in [5, 5.41) is 0. The van der Waals surface area contributed by atoms with Crippen molar-refractivity contribution in [1.82, 2.24) is 9.62 Å². The van der Waals surface area contributed by atoms with Crippen LogP contribution >= 0.6 is 0 Å². The molecule has 1 heterocycles. The van der Waals surface area contributed by atoms with Crippen LogP contribution < -0.4 is 4.72 Å². The first-order valence-electron chi connectivity index (χ1n) is 6.33. The summed E-state index contributed by atoms with van der Waals surface area (Å²) >= 11 is 0. The van der Waals surface area contributed by atoms with Crippen LogP contribution in [0.4, 0.5) is 0 Å². The Labute approximate surface area is 127 Å². The fourth-order valence-electron chi connectivity index (χ4n) is 1.71. The molecule has 8 nitrogen and oxygen atoms in total. The zero-order valence-electron chi connectivity index (χ0n) is 12.1. The third-order valence-corrected chi connectivity index (χ3v) is 4.28. The summed E-state index contributed by atoms with van der Waals surface area (Å²) in [4.78, 5) is 28.1. The van der Waals surface area contributed by atoms with Crippen molar-refractivity contribution in [3.8, 4) is 0 Å². The van der Waals surface area contributed by atoms with E-state index in [4.69, 9.17) is 4.74 Å². The number of nitrogens with zero attached hydrogens (tertiary/aromatic N) is 2. The second-order valence-corrected chi connectivity index (χ2v) is 6.37. The highest BCUT2D eigenvalue weighted by molar-refractivity contribution is 7.90. The van der Waals surface area contributed by atoms with E-state index < -0.39 is 16.0 Å². The minimum Gasteiger partial charge on any atom is -0.454 e. The number of carbonyl (C=O) groups is 2. The molecule has 0 bridgehead atoms. The van der Waals surface area contributed by atoms with Gasteiger partial charge in [0.1, 0.15) is 12.4 Å². The maximum atomic E-state index is 11.8. The molecule has 0 spiro atoms. The minimum absolute atomic E-state index is 0.0893. The van der Waals surface area contributed by atoms with E-state index in [1.165, 1.54) is 11.0 Å². The Hall–Kier alpha value is -2.42. The normalized spacial score (nSPS) is 16.7. The maximum Gasteiger partial charge on any atom is 0.328 e. The Balaban J connectivity index is 2.03. The van der Waals surface area contributed by atoms with Crippen molar-refractivity contribution in [2.45, 2.75) is 4.90 Å². The monoisotopic (exact) mass is 325 g/mol. The molecule has 0 saturated carbocycles. The standard InChI is InChI=1S/C13H15N3O5S/c1-16(2)11(17)8-21-12(18)7-14-13-9-5-3-4-6-10(9)22(19,20)15-13/h3-6H,7-8H2,1-2H3,(H,14,15). The Morgan fingerprint density at radius 2 is 1.95 bits per heavy atom. The average molecular weight is 325 g/mol. The molecular weight excluding hydrogens is 310 g/mol. The summed E-state index contributed by atoms with van der Waals surface area (Å²) in [7, 11) is -0.549. The predicted octanol–water partition coefficient (Wildman–Crippen LogP) is -0.643. The number of likely N-dealkylation sites (N-methyl/N-ethyl adjacent to an activating group) is 1. The van der Waals surface area contributed by atoms with Crippen molar-refractivity contribution >= 4 is 27.7 Å². The van der Waals surface area contributed by atoms with Crippen molar-refractivity contribution in [2.24, 2.45) is 4.99 Å². The van der Waals surface area contributed by atoms with Crippen molar-refractivity contribution in [2.75, 3.05) is 27.2 Å². The number of sulfonamides is 1. The number of rotatable bonds is 4. The number of fused-ring (bicyclic) bond motifs is 1. The van der Waals surface area contributed by atoms with Crippen LogP contribution in [0.1, 0.15) is 5.56 Å². The third-order valence-electron chi connectivity index (χ3n) is 2.88. The average Bonchev–Trinajstić information content (AvgIpc) is 2.74. The van der Waals surface area contributed by atoms with Gasteiger partial charge in [-0.2, -0.15) is 0 Å². The van der Waals surface area contributed by atoms with E-state index in [2.05, 4.69) is 9.71 Å². The SMILES string of the molecule is CN(C)C(=O)COC(=O)CN=C1NS(=O)(=O)c2ccccc21. The van der Waals surface area contributed by atoms with E-state index in [-0.39, 0.29) is 29.8 Å². The van der Waals surface area contributed by atoms with Crippen LogP contribution in [0, 0.1) is 0 Å². The van der Waals surface area contributed by atoms with E-state index in [1.807, 2.05) is 0 Å². The first-order valence-corrected chi connectivity index (χ1v) is 7.82. The molecule has 0 unspecified atom stereocenters. The first kappa shape index (κ1) is 16.0. The third kappa shape index (κ3) is 3.42. The number of benzene rings is 1. The number of hydrogen-bond donors (Lipinski definition) is 1. The molecule has 2 rings (SSSR count). The molecule has 0 aliphatic carbocycles. The lowest BCUT2D eigenvalue weighted by atomic mass is 10.2. The van der Waals surface area contributed by atoms with Gasteiger partial charge in [0.25, 0.3) is 15.9 Å². The second-order valence-electron chi connectivity index (χ2n) is 4.72. The molecule has 0 fully saturated rings. The molecule has 0 atom stereocenters. The van der Waals surface area contributed by atoms with Gasteiger partial charge in [0.2, 0.25) is 0 Å². The van der Waals surface area contributed by atoms with Gasteiger partial charge in [-0.25, -0.2) is 8.42 Å². The lowest BCUT2D eigenvalue weighted by molar-refractivity contribution is -0.149. The number of carbonyl (C=O) groups excluding carboxylic acids is 2. The van der Waals surface area contributed by atoms with Crippen LogP contribution in [0.25, 0.3) is 0 Å². The zero-order chi connectivity index (χ0) is 16.3. The van der Waals surface area contributed by atoms with Gasteiger partial charge in [0.15, 0.2) is 6.61 Å². The number of amidine groups is 1. The molecular formula is C13H15N3O5S.